The van der Waals surface area contributed by atoms with Gasteiger partial charge in [0.2, 0.25) is 0 Å². The van der Waals surface area contributed by atoms with Crippen molar-refractivity contribution in [3.05, 3.63) is 54.1 Å². The Labute approximate surface area is 166 Å². The molecule has 0 amide bonds. The lowest BCUT2D eigenvalue weighted by atomic mass is 10.0. The van der Waals surface area contributed by atoms with E-state index in [1.165, 1.54) is 18.9 Å². The lowest BCUT2D eigenvalue weighted by molar-refractivity contribution is -0.205. The predicted molar refractivity (Wildman–Crippen MR) is 103 cm³/mol. The second-order valence-corrected chi connectivity index (χ2v) is 7.58. The lowest BCUT2D eigenvalue weighted by Gasteiger charge is -2.39. The summed E-state index contributed by atoms with van der Waals surface area (Å²) in [4.78, 5) is 12.5. The Morgan fingerprint density at radius 1 is 1.04 bits per heavy atom. The van der Waals surface area contributed by atoms with Crippen LogP contribution in [-0.2, 0) is 9.47 Å². The Hall–Kier alpha value is -1.94. The van der Waals surface area contributed by atoms with Crippen LogP contribution in [0.5, 0.6) is 0 Å². The summed E-state index contributed by atoms with van der Waals surface area (Å²) in [5, 5.41) is 39.1. The van der Waals surface area contributed by atoms with Crippen LogP contribution in [0.2, 0.25) is 0 Å². The molecule has 150 valence electrons. The molecule has 0 aromatic heterocycles. The van der Waals surface area contributed by atoms with Crippen LogP contribution >= 0.6 is 11.8 Å². The molecule has 7 nitrogen and oxygen atoms in total. The first kappa shape index (κ1) is 20.8. The number of esters is 1. The third-order valence-corrected chi connectivity index (χ3v) is 5.74. The monoisotopic (exact) mass is 406 g/mol. The first-order chi connectivity index (χ1) is 13.4. The molecule has 1 saturated heterocycles. The molecule has 0 radical (unpaired) electrons. The number of carbonyl (C=O) groups is 1. The van der Waals surface area contributed by atoms with Crippen molar-refractivity contribution < 1.29 is 34.7 Å². The number of aliphatic hydroxyl groups excluding tert-OH is 4. The minimum absolute atomic E-state index is 0.406. The summed E-state index contributed by atoms with van der Waals surface area (Å²) in [5.41, 5.74) is 1.38. The van der Waals surface area contributed by atoms with Crippen LogP contribution in [0.1, 0.15) is 10.4 Å². The van der Waals surface area contributed by atoms with Crippen LogP contribution in [0.25, 0.3) is 11.1 Å². The highest BCUT2D eigenvalue weighted by atomic mass is 32.2. The van der Waals surface area contributed by atoms with Crippen LogP contribution in [0.3, 0.4) is 0 Å². The fraction of sp³-hybridized carbons (Fsp3) is 0.350. The van der Waals surface area contributed by atoms with Crippen molar-refractivity contribution in [1.29, 1.82) is 0 Å². The minimum Gasteiger partial charge on any atom is -0.465 e. The highest BCUT2D eigenvalue weighted by molar-refractivity contribution is 7.99. The zero-order valence-corrected chi connectivity index (χ0v) is 16.0. The standard InChI is InChI=1S/C20H22O7S/c1-26-19(25)13-4-2-3-12(9-13)11-5-7-14(8-6-11)28-20-18(24)17(23)16(22)15(10-21)27-20/h2-9,15-18,20-24H,10H2,1H3. The molecular weight excluding hydrogens is 384 g/mol. The van der Waals surface area contributed by atoms with Gasteiger partial charge in [-0.3, -0.25) is 0 Å². The smallest absolute Gasteiger partial charge is 0.337 e. The van der Waals surface area contributed by atoms with E-state index in [1.807, 2.05) is 30.3 Å². The largest absolute Gasteiger partial charge is 0.465 e. The SMILES string of the molecule is COC(=O)c1cccc(-c2ccc(SC3OC(CO)C(O)C(O)C3O)cc2)c1. The van der Waals surface area contributed by atoms with Gasteiger partial charge in [0, 0.05) is 4.90 Å². The van der Waals surface area contributed by atoms with Gasteiger partial charge in [-0.05, 0) is 35.4 Å². The van der Waals surface area contributed by atoms with Crippen LogP contribution in [-0.4, -0.2) is 70.0 Å². The first-order valence-electron chi connectivity index (χ1n) is 8.70. The number of rotatable bonds is 5. The van der Waals surface area contributed by atoms with Crippen LogP contribution < -0.4 is 0 Å². The summed E-state index contributed by atoms with van der Waals surface area (Å²) in [7, 11) is 1.33. The normalized spacial score (nSPS) is 27.4. The average molecular weight is 406 g/mol. The molecular formula is C20H22O7S. The van der Waals surface area contributed by atoms with Crippen molar-refractivity contribution in [2.45, 2.75) is 34.7 Å². The van der Waals surface area contributed by atoms with E-state index in [4.69, 9.17) is 9.47 Å². The highest BCUT2D eigenvalue weighted by Crippen LogP contribution is 2.34. The topological polar surface area (TPSA) is 116 Å². The van der Waals surface area contributed by atoms with Crippen molar-refractivity contribution in [2.24, 2.45) is 0 Å². The van der Waals surface area contributed by atoms with Crippen LogP contribution in [0.4, 0.5) is 0 Å². The lowest BCUT2D eigenvalue weighted by Crippen LogP contribution is -2.57. The Balaban J connectivity index is 1.74. The average Bonchev–Trinajstić information content (AvgIpc) is 2.74. The molecule has 8 heteroatoms. The van der Waals surface area contributed by atoms with Crippen molar-refractivity contribution in [2.75, 3.05) is 13.7 Å². The molecule has 4 N–H and O–H groups in total. The number of hydrogen-bond donors (Lipinski definition) is 4. The number of thioether (sulfide) groups is 1. The Kier molecular flexibility index (Phi) is 6.71. The summed E-state index contributed by atoms with van der Waals surface area (Å²) in [5.74, 6) is -0.406. The number of aliphatic hydroxyl groups is 4. The molecule has 2 aromatic carbocycles. The van der Waals surface area contributed by atoms with E-state index in [0.717, 1.165) is 16.0 Å². The zero-order valence-electron chi connectivity index (χ0n) is 15.1. The number of carbonyl (C=O) groups excluding carboxylic acids is 1. The van der Waals surface area contributed by atoms with Gasteiger partial charge in [0.15, 0.2) is 0 Å². The molecule has 2 aromatic rings. The van der Waals surface area contributed by atoms with Gasteiger partial charge < -0.3 is 29.9 Å². The number of methoxy groups -OCH3 is 1. The van der Waals surface area contributed by atoms with Crippen molar-refractivity contribution >= 4 is 17.7 Å². The number of ether oxygens (including phenoxy) is 2. The van der Waals surface area contributed by atoms with Gasteiger partial charge >= 0.3 is 5.97 Å². The highest BCUT2D eigenvalue weighted by Gasteiger charge is 2.43. The summed E-state index contributed by atoms with van der Waals surface area (Å²) in [6.07, 6.45) is -5.00. The molecule has 0 spiro atoms. The first-order valence-corrected chi connectivity index (χ1v) is 9.58. The van der Waals surface area contributed by atoms with Crippen LogP contribution in [0, 0.1) is 0 Å². The van der Waals surface area contributed by atoms with E-state index in [1.54, 1.807) is 18.2 Å². The maximum Gasteiger partial charge on any atom is 0.337 e. The quantitative estimate of drug-likeness (QED) is 0.544. The molecule has 5 unspecified atom stereocenters. The van der Waals surface area contributed by atoms with Crippen LogP contribution in [0.15, 0.2) is 53.4 Å². The van der Waals surface area contributed by atoms with Crippen molar-refractivity contribution in [1.82, 2.24) is 0 Å². The van der Waals surface area contributed by atoms with Gasteiger partial charge in [-0.15, -0.1) is 0 Å². The molecule has 1 aliphatic rings. The molecule has 0 bridgehead atoms. The third-order valence-electron chi connectivity index (χ3n) is 4.57. The van der Waals surface area contributed by atoms with E-state index < -0.39 is 42.4 Å². The Morgan fingerprint density at radius 2 is 1.75 bits per heavy atom. The zero-order chi connectivity index (χ0) is 20.3. The van der Waals surface area contributed by atoms with E-state index in [-0.39, 0.29) is 0 Å². The van der Waals surface area contributed by atoms with Gasteiger partial charge in [-0.25, -0.2) is 4.79 Å². The fourth-order valence-electron chi connectivity index (χ4n) is 2.97. The molecule has 28 heavy (non-hydrogen) atoms. The maximum atomic E-state index is 11.7. The van der Waals surface area contributed by atoms with Crippen molar-refractivity contribution in [3.63, 3.8) is 0 Å². The van der Waals surface area contributed by atoms with Gasteiger partial charge in [0.1, 0.15) is 29.9 Å². The van der Waals surface area contributed by atoms with E-state index >= 15 is 0 Å². The fourth-order valence-corrected chi connectivity index (χ4v) is 4.03. The Morgan fingerprint density at radius 3 is 2.39 bits per heavy atom. The molecule has 1 heterocycles. The second kappa shape index (κ2) is 9.04. The molecule has 1 aliphatic heterocycles. The van der Waals surface area contributed by atoms with E-state index in [9.17, 15) is 25.2 Å². The molecule has 1 fully saturated rings. The van der Waals surface area contributed by atoms with E-state index in [0.29, 0.717) is 5.56 Å². The maximum absolute atomic E-state index is 11.7. The molecule has 0 saturated carbocycles. The summed E-state index contributed by atoms with van der Waals surface area (Å²) >= 11 is 1.18. The summed E-state index contributed by atoms with van der Waals surface area (Å²) in [6.45, 7) is -0.461. The predicted octanol–water partition coefficient (Wildman–Crippen LogP) is 1.03. The molecule has 3 rings (SSSR count). The van der Waals surface area contributed by atoms with E-state index in [2.05, 4.69) is 0 Å². The molecule has 0 aliphatic carbocycles. The second-order valence-electron chi connectivity index (χ2n) is 6.41. The summed E-state index contributed by atoms with van der Waals surface area (Å²) < 4.78 is 10.2. The third kappa shape index (κ3) is 4.38. The summed E-state index contributed by atoms with van der Waals surface area (Å²) in [6, 6.07) is 14.5. The number of benzene rings is 2. The van der Waals surface area contributed by atoms with Gasteiger partial charge in [-0.2, -0.15) is 0 Å². The Bertz CT molecular complexity index is 808. The van der Waals surface area contributed by atoms with Gasteiger partial charge in [0.25, 0.3) is 0 Å². The van der Waals surface area contributed by atoms with Gasteiger partial charge in [-0.1, -0.05) is 36.0 Å². The number of hydrogen-bond acceptors (Lipinski definition) is 8. The molecule has 5 atom stereocenters. The minimum atomic E-state index is -1.40. The van der Waals surface area contributed by atoms with Gasteiger partial charge in [0.05, 0.1) is 19.3 Å². The van der Waals surface area contributed by atoms with Crippen molar-refractivity contribution in [3.8, 4) is 11.1 Å².